The third-order valence-corrected chi connectivity index (χ3v) is 2.99. The highest BCUT2D eigenvalue weighted by Gasteiger charge is 2.24. The van der Waals surface area contributed by atoms with Gasteiger partial charge in [0.05, 0.1) is 23.5 Å². The van der Waals surface area contributed by atoms with E-state index in [-0.39, 0.29) is 0 Å². The van der Waals surface area contributed by atoms with Gasteiger partial charge in [-0.15, -0.1) is 0 Å². The second kappa shape index (κ2) is 3.35. The van der Waals surface area contributed by atoms with E-state index in [9.17, 15) is 9.90 Å². The van der Waals surface area contributed by atoms with Crippen LogP contribution in [-0.4, -0.2) is 27.7 Å². The topological polar surface area (TPSA) is 58.4 Å². The Morgan fingerprint density at radius 2 is 2.29 bits per heavy atom. The molecule has 0 aliphatic carbocycles. The average Bonchev–Trinajstić information content (AvgIpc) is 2.76. The van der Waals surface area contributed by atoms with Gasteiger partial charge in [0.25, 0.3) is 0 Å². The molecule has 0 atom stereocenters. The minimum Gasteiger partial charge on any atom is -0.478 e. The lowest BCUT2D eigenvalue weighted by molar-refractivity contribution is 0.0697. The number of aromatic carboxylic acids is 1. The SMILES string of the molecule is CN1Cc2nccn2-c2c(C(=O)O)cccc21. The van der Waals surface area contributed by atoms with Crippen molar-refractivity contribution in [1.29, 1.82) is 0 Å². The summed E-state index contributed by atoms with van der Waals surface area (Å²) in [6.07, 6.45) is 3.49. The number of hydrogen-bond donors (Lipinski definition) is 1. The molecular weight excluding hydrogens is 218 g/mol. The second-order valence-electron chi connectivity index (χ2n) is 4.05. The first-order valence-electron chi connectivity index (χ1n) is 5.28. The average molecular weight is 229 g/mol. The van der Waals surface area contributed by atoms with Gasteiger partial charge in [-0.3, -0.25) is 4.57 Å². The van der Waals surface area contributed by atoms with Gasteiger partial charge >= 0.3 is 5.97 Å². The largest absolute Gasteiger partial charge is 0.478 e. The van der Waals surface area contributed by atoms with Gasteiger partial charge in [0, 0.05) is 19.4 Å². The maximum absolute atomic E-state index is 11.3. The maximum atomic E-state index is 11.3. The summed E-state index contributed by atoms with van der Waals surface area (Å²) >= 11 is 0. The van der Waals surface area contributed by atoms with Gasteiger partial charge in [0.2, 0.25) is 0 Å². The number of carboxylic acid groups (broad SMARTS) is 1. The maximum Gasteiger partial charge on any atom is 0.337 e. The Bertz CT molecular complexity index is 604. The summed E-state index contributed by atoms with van der Waals surface area (Å²) in [5.74, 6) is -0.0644. The highest BCUT2D eigenvalue weighted by atomic mass is 16.4. The number of hydrogen-bond acceptors (Lipinski definition) is 3. The van der Waals surface area contributed by atoms with Gasteiger partial charge in [0.15, 0.2) is 0 Å². The van der Waals surface area contributed by atoms with Crippen molar-refractivity contribution in [3.8, 4) is 5.69 Å². The van der Waals surface area contributed by atoms with Crippen LogP contribution in [0.15, 0.2) is 30.6 Å². The Balaban J connectivity index is 2.35. The molecule has 0 spiro atoms. The molecule has 1 aliphatic rings. The van der Waals surface area contributed by atoms with Crippen LogP contribution in [0.3, 0.4) is 0 Å². The van der Waals surface area contributed by atoms with E-state index in [1.807, 2.05) is 22.6 Å². The van der Waals surface area contributed by atoms with Crippen molar-refractivity contribution in [3.63, 3.8) is 0 Å². The quantitative estimate of drug-likeness (QED) is 0.805. The summed E-state index contributed by atoms with van der Waals surface area (Å²) in [6, 6.07) is 5.30. The molecule has 1 aromatic carbocycles. The first-order valence-corrected chi connectivity index (χ1v) is 5.28. The van der Waals surface area contributed by atoms with Crippen molar-refractivity contribution >= 4 is 11.7 Å². The summed E-state index contributed by atoms with van der Waals surface area (Å²) in [6.45, 7) is 0.684. The number of nitrogens with zero attached hydrogens (tertiary/aromatic N) is 3. The van der Waals surface area contributed by atoms with E-state index in [4.69, 9.17) is 0 Å². The van der Waals surface area contributed by atoms with Gasteiger partial charge in [0.1, 0.15) is 5.82 Å². The highest BCUT2D eigenvalue weighted by Crippen LogP contribution is 2.32. The summed E-state index contributed by atoms with van der Waals surface area (Å²) in [7, 11) is 1.93. The number of aromatic nitrogens is 2. The number of para-hydroxylation sites is 1. The third kappa shape index (κ3) is 1.32. The number of carboxylic acids is 1. The lowest BCUT2D eigenvalue weighted by Gasteiger charge is -2.29. The second-order valence-corrected chi connectivity index (χ2v) is 4.05. The lowest BCUT2D eigenvalue weighted by atomic mass is 10.1. The molecule has 2 heterocycles. The van der Waals surface area contributed by atoms with Crippen LogP contribution in [0.2, 0.25) is 0 Å². The normalized spacial score (nSPS) is 13.1. The monoisotopic (exact) mass is 229 g/mol. The van der Waals surface area contributed by atoms with Crippen molar-refractivity contribution in [3.05, 3.63) is 42.0 Å². The number of fused-ring (bicyclic) bond motifs is 3. The predicted octanol–water partition coefficient (Wildman–Crippen LogP) is 1.52. The number of carbonyl (C=O) groups is 1. The number of rotatable bonds is 1. The van der Waals surface area contributed by atoms with Crippen LogP contribution in [0.25, 0.3) is 5.69 Å². The zero-order valence-corrected chi connectivity index (χ0v) is 9.29. The highest BCUT2D eigenvalue weighted by molar-refractivity contribution is 5.95. The van der Waals surface area contributed by atoms with Gasteiger partial charge in [-0.05, 0) is 12.1 Å². The van der Waals surface area contributed by atoms with E-state index in [0.717, 1.165) is 11.5 Å². The predicted molar refractivity (Wildman–Crippen MR) is 62.6 cm³/mol. The van der Waals surface area contributed by atoms with Crippen LogP contribution in [-0.2, 0) is 6.54 Å². The smallest absolute Gasteiger partial charge is 0.337 e. The minimum absolute atomic E-state index is 0.299. The molecule has 1 aromatic heterocycles. The minimum atomic E-state index is -0.920. The molecule has 0 bridgehead atoms. The van der Waals surface area contributed by atoms with E-state index in [1.165, 1.54) is 0 Å². The van der Waals surface area contributed by atoms with E-state index >= 15 is 0 Å². The summed E-state index contributed by atoms with van der Waals surface area (Å²) in [5.41, 5.74) is 1.91. The van der Waals surface area contributed by atoms with Crippen molar-refractivity contribution in [1.82, 2.24) is 9.55 Å². The molecule has 0 amide bonds. The molecule has 1 aliphatic heterocycles. The number of anilines is 1. The van der Waals surface area contributed by atoms with Crippen molar-refractivity contribution in [2.24, 2.45) is 0 Å². The van der Waals surface area contributed by atoms with Gasteiger partial charge in [-0.25, -0.2) is 9.78 Å². The Hall–Kier alpha value is -2.30. The molecular formula is C12H11N3O2. The van der Waals surface area contributed by atoms with Crippen LogP contribution >= 0.6 is 0 Å². The van der Waals surface area contributed by atoms with Crippen LogP contribution in [0.5, 0.6) is 0 Å². The van der Waals surface area contributed by atoms with Crippen LogP contribution in [0.1, 0.15) is 16.2 Å². The lowest BCUT2D eigenvalue weighted by Crippen LogP contribution is -2.27. The molecule has 0 fully saturated rings. The van der Waals surface area contributed by atoms with Gasteiger partial charge in [-0.1, -0.05) is 6.07 Å². The zero-order chi connectivity index (χ0) is 12.0. The third-order valence-electron chi connectivity index (χ3n) is 2.99. The number of imidazole rings is 1. The molecule has 3 rings (SSSR count). The van der Waals surface area contributed by atoms with Crippen molar-refractivity contribution in [2.75, 3.05) is 11.9 Å². The fourth-order valence-corrected chi connectivity index (χ4v) is 2.22. The van der Waals surface area contributed by atoms with Gasteiger partial charge < -0.3 is 10.0 Å². The molecule has 0 unspecified atom stereocenters. The Morgan fingerprint density at radius 3 is 3.06 bits per heavy atom. The fourth-order valence-electron chi connectivity index (χ4n) is 2.22. The molecule has 0 saturated heterocycles. The first kappa shape index (κ1) is 9.89. The summed E-state index contributed by atoms with van der Waals surface area (Å²) < 4.78 is 1.85. The summed E-state index contributed by atoms with van der Waals surface area (Å²) in [5, 5.41) is 9.24. The Morgan fingerprint density at radius 1 is 1.47 bits per heavy atom. The van der Waals surface area contributed by atoms with Crippen molar-refractivity contribution in [2.45, 2.75) is 6.54 Å². The molecule has 1 N–H and O–H groups in total. The molecule has 0 saturated carbocycles. The standard InChI is InChI=1S/C12H11N3O2/c1-14-7-10-13-5-6-15(10)11-8(12(16)17)3-2-4-9(11)14/h2-6H,7H2,1H3,(H,16,17). The van der Waals surface area contributed by atoms with E-state index in [2.05, 4.69) is 4.98 Å². The Labute approximate surface area is 97.9 Å². The van der Waals surface area contributed by atoms with Crippen LogP contribution < -0.4 is 4.90 Å². The number of benzene rings is 1. The summed E-state index contributed by atoms with van der Waals surface area (Å²) in [4.78, 5) is 17.5. The first-order chi connectivity index (χ1) is 8.18. The molecule has 0 radical (unpaired) electrons. The molecule has 2 aromatic rings. The zero-order valence-electron chi connectivity index (χ0n) is 9.29. The molecule has 17 heavy (non-hydrogen) atoms. The molecule has 86 valence electrons. The molecule has 5 heteroatoms. The van der Waals surface area contributed by atoms with Gasteiger partial charge in [-0.2, -0.15) is 0 Å². The van der Waals surface area contributed by atoms with E-state index in [0.29, 0.717) is 17.8 Å². The van der Waals surface area contributed by atoms with Crippen LogP contribution in [0.4, 0.5) is 5.69 Å². The van der Waals surface area contributed by atoms with Crippen LogP contribution in [0, 0.1) is 0 Å². The Kier molecular flexibility index (Phi) is 1.95. The fraction of sp³-hybridized carbons (Fsp3) is 0.167. The van der Waals surface area contributed by atoms with E-state index in [1.54, 1.807) is 24.5 Å². The van der Waals surface area contributed by atoms with Crippen molar-refractivity contribution < 1.29 is 9.90 Å². The van der Waals surface area contributed by atoms with E-state index < -0.39 is 5.97 Å². The molecule has 5 nitrogen and oxygen atoms in total.